The highest BCUT2D eigenvalue weighted by Gasteiger charge is 2.28. The van der Waals surface area contributed by atoms with Gasteiger partial charge in [0.1, 0.15) is 6.07 Å². The number of halogens is 1. The fraction of sp³-hybridized carbons (Fsp3) is 0.462. The molecule has 3 nitrogen and oxygen atoms in total. The summed E-state index contributed by atoms with van der Waals surface area (Å²) < 4.78 is 0. The standard InChI is InChI=1S/C13H15ClN2O/c1-13(17)5-2-6-16(9-13)11-4-3-10(8-15)12(14)7-11/h3-4,7,17H,2,5-6,9H2,1H3. The van der Waals surface area contributed by atoms with E-state index in [9.17, 15) is 5.11 Å². The summed E-state index contributed by atoms with van der Waals surface area (Å²) >= 11 is 6.01. The second-order valence-electron chi connectivity index (χ2n) is 4.80. The minimum Gasteiger partial charge on any atom is -0.388 e. The Morgan fingerprint density at radius 3 is 2.88 bits per heavy atom. The van der Waals surface area contributed by atoms with Gasteiger partial charge in [-0.05, 0) is 38.0 Å². The molecule has 1 aliphatic rings. The van der Waals surface area contributed by atoms with Crippen LogP contribution in [0.5, 0.6) is 0 Å². The Balaban J connectivity index is 2.23. The van der Waals surface area contributed by atoms with Crippen LogP contribution in [0, 0.1) is 11.3 Å². The summed E-state index contributed by atoms with van der Waals surface area (Å²) in [7, 11) is 0. The second kappa shape index (κ2) is 4.56. The average Bonchev–Trinajstić information content (AvgIpc) is 2.27. The highest BCUT2D eigenvalue weighted by molar-refractivity contribution is 6.32. The normalized spacial score (nSPS) is 24.5. The van der Waals surface area contributed by atoms with Gasteiger partial charge >= 0.3 is 0 Å². The molecule has 1 saturated heterocycles. The molecule has 2 rings (SSSR count). The van der Waals surface area contributed by atoms with Crippen molar-refractivity contribution in [3.05, 3.63) is 28.8 Å². The lowest BCUT2D eigenvalue weighted by Gasteiger charge is -2.38. The van der Waals surface area contributed by atoms with Crippen molar-refractivity contribution in [1.29, 1.82) is 5.26 Å². The van der Waals surface area contributed by atoms with Crippen LogP contribution >= 0.6 is 11.6 Å². The third-order valence-corrected chi connectivity index (χ3v) is 3.43. The summed E-state index contributed by atoms with van der Waals surface area (Å²) in [6, 6.07) is 7.44. The highest BCUT2D eigenvalue weighted by Crippen LogP contribution is 2.28. The molecule has 1 aromatic carbocycles. The van der Waals surface area contributed by atoms with E-state index in [1.54, 1.807) is 12.1 Å². The van der Waals surface area contributed by atoms with Gasteiger partial charge < -0.3 is 10.0 Å². The van der Waals surface area contributed by atoms with Crippen molar-refractivity contribution in [1.82, 2.24) is 0 Å². The monoisotopic (exact) mass is 250 g/mol. The maximum absolute atomic E-state index is 10.0. The van der Waals surface area contributed by atoms with Gasteiger partial charge in [-0.25, -0.2) is 0 Å². The van der Waals surface area contributed by atoms with Crippen molar-refractivity contribution in [2.75, 3.05) is 18.0 Å². The molecule has 1 unspecified atom stereocenters. The molecule has 17 heavy (non-hydrogen) atoms. The van der Waals surface area contributed by atoms with Gasteiger partial charge in [0.05, 0.1) is 16.2 Å². The van der Waals surface area contributed by atoms with Gasteiger partial charge in [-0.15, -0.1) is 0 Å². The third-order valence-electron chi connectivity index (χ3n) is 3.11. The van der Waals surface area contributed by atoms with Crippen LogP contribution in [-0.4, -0.2) is 23.8 Å². The number of benzene rings is 1. The lowest BCUT2D eigenvalue weighted by Crippen LogP contribution is -2.46. The Labute approximate surface area is 106 Å². The summed E-state index contributed by atoms with van der Waals surface area (Å²) in [6.45, 7) is 3.37. The van der Waals surface area contributed by atoms with E-state index in [2.05, 4.69) is 4.90 Å². The molecule has 0 radical (unpaired) electrons. The van der Waals surface area contributed by atoms with E-state index in [0.717, 1.165) is 25.1 Å². The smallest absolute Gasteiger partial charge is 0.101 e. The summed E-state index contributed by atoms with van der Waals surface area (Å²) in [5.74, 6) is 0. The van der Waals surface area contributed by atoms with Gasteiger partial charge in [-0.2, -0.15) is 5.26 Å². The molecule has 90 valence electrons. The van der Waals surface area contributed by atoms with E-state index >= 15 is 0 Å². The van der Waals surface area contributed by atoms with Crippen LogP contribution in [-0.2, 0) is 0 Å². The summed E-state index contributed by atoms with van der Waals surface area (Å²) in [5, 5.41) is 19.3. The molecule has 4 heteroatoms. The van der Waals surface area contributed by atoms with Gasteiger partial charge in [-0.3, -0.25) is 0 Å². The number of rotatable bonds is 1. The first kappa shape index (κ1) is 12.2. The number of nitriles is 1. The molecule has 0 aromatic heterocycles. The van der Waals surface area contributed by atoms with Crippen LogP contribution in [0.2, 0.25) is 5.02 Å². The average molecular weight is 251 g/mol. The molecule has 1 N–H and O–H groups in total. The molecule has 0 amide bonds. The second-order valence-corrected chi connectivity index (χ2v) is 5.21. The van der Waals surface area contributed by atoms with Crippen molar-refractivity contribution < 1.29 is 5.11 Å². The van der Waals surface area contributed by atoms with Crippen molar-refractivity contribution in [2.24, 2.45) is 0 Å². The van der Waals surface area contributed by atoms with E-state index < -0.39 is 5.60 Å². The first-order chi connectivity index (χ1) is 8.02. The Hall–Kier alpha value is -1.24. The van der Waals surface area contributed by atoms with E-state index in [1.165, 1.54) is 0 Å². The molecule has 1 heterocycles. The number of aliphatic hydroxyl groups is 1. The van der Waals surface area contributed by atoms with Gasteiger partial charge in [0, 0.05) is 18.8 Å². The third kappa shape index (κ3) is 2.71. The molecule has 0 bridgehead atoms. The largest absolute Gasteiger partial charge is 0.388 e. The Morgan fingerprint density at radius 2 is 2.29 bits per heavy atom. The minimum atomic E-state index is -0.640. The Bertz CT molecular complexity index is 465. The van der Waals surface area contributed by atoms with Crippen molar-refractivity contribution in [3.63, 3.8) is 0 Å². The van der Waals surface area contributed by atoms with Crippen LogP contribution in [0.25, 0.3) is 0 Å². The van der Waals surface area contributed by atoms with Crippen LogP contribution in [0.1, 0.15) is 25.3 Å². The van der Waals surface area contributed by atoms with Gasteiger partial charge in [0.25, 0.3) is 0 Å². The highest BCUT2D eigenvalue weighted by atomic mass is 35.5. The SMILES string of the molecule is CC1(O)CCCN(c2ccc(C#N)c(Cl)c2)C1. The fourth-order valence-corrected chi connectivity index (χ4v) is 2.45. The zero-order valence-electron chi connectivity index (χ0n) is 9.78. The molecular weight excluding hydrogens is 236 g/mol. The number of nitrogens with zero attached hydrogens (tertiary/aromatic N) is 2. The molecule has 0 saturated carbocycles. The molecule has 1 atom stereocenters. The van der Waals surface area contributed by atoms with E-state index in [-0.39, 0.29) is 0 Å². The Morgan fingerprint density at radius 1 is 1.53 bits per heavy atom. The van der Waals surface area contributed by atoms with Crippen LogP contribution in [0.15, 0.2) is 18.2 Å². The number of β-amino-alcohol motifs (C(OH)–C–C–N with tert-alkyl or cyclic N) is 1. The van der Waals surface area contributed by atoms with Gasteiger partial charge in [-0.1, -0.05) is 11.6 Å². The number of piperidine rings is 1. The van der Waals surface area contributed by atoms with Gasteiger partial charge in [0.15, 0.2) is 0 Å². The quantitative estimate of drug-likeness (QED) is 0.833. The minimum absolute atomic E-state index is 0.468. The van der Waals surface area contributed by atoms with E-state index in [4.69, 9.17) is 16.9 Å². The van der Waals surface area contributed by atoms with Crippen LogP contribution < -0.4 is 4.90 Å². The number of anilines is 1. The first-order valence-corrected chi connectivity index (χ1v) is 6.07. The first-order valence-electron chi connectivity index (χ1n) is 5.69. The fourth-order valence-electron chi connectivity index (χ4n) is 2.23. The maximum Gasteiger partial charge on any atom is 0.101 e. The summed E-state index contributed by atoms with van der Waals surface area (Å²) in [5.41, 5.74) is 0.812. The predicted molar refractivity (Wildman–Crippen MR) is 68.2 cm³/mol. The Kier molecular flexibility index (Phi) is 3.28. The molecule has 1 fully saturated rings. The van der Waals surface area contributed by atoms with Gasteiger partial charge in [0.2, 0.25) is 0 Å². The van der Waals surface area contributed by atoms with Crippen molar-refractivity contribution in [3.8, 4) is 6.07 Å². The van der Waals surface area contributed by atoms with Crippen molar-refractivity contribution in [2.45, 2.75) is 25.4 Å². The lowest BCUT2D eigenvalue weighted by molar-refractivity contribution is 0.0449. The topological polar surface area (TPSA) is 47.3 Å². The van der Waals surface area contributed by atoms with E-state index in [0.29, 0.717) is 17.1 Å². The van der Waals surface area contributed by atoms with Crippen LogP contribution in [0.3, 0.4) is 0 Å². The zero-order valence-corrected chi connectivity index (χ0v) is 10.5. The summed E-state index contributed by atoms with van der Waals surface area (Å²) in [4.78, 5) is 2.11. The number of hydrogen-bond acceptors (Lipinski definition) is 3. The number of hydrogen-bond donors (Lipinski definition) is 1. The summed E-state index contributed by atoms with van der Waals surface area (Å²) in [6.07, 6.45) is 1.79. The molecule has 0 spiro atoms. The maximum atomic E-state index is 10.0. The molecular formula is C13H15ClN2O. The zero-order chi connectivity index (χ0) is 12.5. The van der Waals surface area contributed by atoms with E-state index in [1.807, 2.05) is 19.1 Å². The predicted octanol–water partition coefficient (Wildman–Crippen LogP) is 2.56. The molecule has 1 aliphatic heterocycles. The van der Waals surface area contributed by atoms with Crippen LogP contribution in [0.4, 0.5) is 5.69 Å². The lowest BCUT2D eigenvalue weighted by atomic mass is 9.95. The molecule has 1 aromatic rings. The molecule has 0 aliphatic carbocycles. The van der Waals surface area contributed by atoms with Crippen molar-refractivity contribution >= 4 is 17.3 Å².